The number of carbonyl (C=O) groups is 2. The maximum atomic E-state index is 12.7. The van der Waals surface area contributed by atoms with E-state index in [-0.39, 0.29) is 24.8 Å². The van der Waals surface area contributed by atoms with E-state index < -0.39 is 11.4 Å². The summed E-state index contributed by atoms with van der Waals surface area (Å²) in [4.78, 5) is 29.4. The molecule has 2 saturated heterocycles. The number of rotatable bonds is 3. The summed E-state index contributed by atoms with van der Waals surface area (Å²) < 4.78 is 5.44. The average molecular weight is 328 g/mol. The maximum absolute atomic E-state index is 12.7. The lowest BCUT2D eigenvalue weighted by Crippen LogP contribution is -2.45. The van der Waals surface area contributed by atoms with Gasteiger partial charge in [0.05, 0.1) is 18.4 Å². The Labute approximate surface area is 139 Å². The summed E-state index contributed by atoms with van der Waals surface area (Å²) in [5.74, 6) is -0.941. The number of carbonyl (C=O) groups excluding carboxylic acids is 1. The molecule has 1 aromatic heterocycles. The molecule has 0 unspecified atom stereocenters. The quantitative estimate of drug-likeness (QED) is 0.898. The van der Waals surface area contributed by atoms with Crippen LogP contribution in [0.25, 0.3) is 10.9 Å². The third kappa shape index (κ3) is 2.29. The van der Waals surface area contributed by atoms with Crippen LogP contribution in [0, 0.1) is 11.3 Å². The van der Waals surface area contributed by atoms with E-state index >= 15 is 0 Å². The first-order chi connectivity index (χ1) is 11.6. The first-order valence-electron chi connectivity index (χ1n) is 8.24. The standard InChI is InChI=1S/C18H20N2O4/c21-16(7-12-8-19-15-4-2-1-3-14(12)15)20-9-13-10-24-6-5-18(13,11-20)17(22)23/h1-4,8,13,19H,5-7,9-11H2,(H,22,23)/t13-,18+/m0/s1. The van der Waals surface area contributed by atoms with Crippen LogP contribution in [0.1, 0.15) is 12.0 Å². The van der Waals surface area contributed by atoms with Crippen LogP contribution in [0.2, 0.25) is 0 Å². The molecule has 2 fully saturated rings. The minimum Gasteiger partial charge on any atom is -0.481 e. The third-order valence-corrected chi connectivity index (χ3v) is 5.50. The molecule has 0 aliphatic carbocycles. The number of hydrogen-bond acceptors (Lipinski definition) is 3. The number of amides is 1. The fourth-order valence-electron chi connectivity index (χ4n) is 4.04. The first kappa shape index (κ1) is 15.2. The zero-order chi connectivity index (χ0) is 16.7. The Kier molecular flexibility index (Phi) is 3.57. The normalized spacial score (nSPS) is 26.5. The van der Waals surface area contributed by atoms with E-state index in [9.17, 15) is 14.7 Å². The van der Waals surface area contributed by atoms with E-state index in [1.165, 1.54) is 0 Å². The molecule has 2 aliphatic heterocycles. The Hall–Kier alpha value is -2.34. The predicted molar refractivity (Wildman–Crippen MR) is 87.6 cm³/mol. The molecule has 24 heavy (non-hydrogen) atoms. The molecule has 2 N–H and O–H groups in total. The van der Waals surface area contributed by atoms with Crippen molar-refractivity contribution in [1.82, 2.24) is 9.88 Å². The number of nitrogens with one attached hydrogen (secondary N) is 1. The van der Waals surface area contributed by atoms with Crippen LogP contribution in [-0.2, 0) is 20.7 Å². The molecule has 6 nitrogen and oxygen atoms in total. The van der Waals surface area contributed by atoms with Crippen LogP contribution in [0.3, 0.4) is 0 Å². The first-order valence-corrected chi connectivity index (χ1v) is 8.24. The number of aliphatic carboxylic acids is 1. The molecule has 126 valence electrons. The second-order valence-corrected chi connectivity index (χ2v) is 6.79. The molecule has 2 aromatic rings. The van der Waals surface area contributed by atoms with Gasteiger partial charge in [0.15, 0.2) is 0 Å². The summed E-state index contributed by atoms with van der Waals surface area (Å²) >= 11 is 0. The molecular formula is C18H20N2O4. The predicted octanol–water partition coefficient (Wildman–Crippen LogP) is 1.66. The number of carboxylic acids is 1. The van der Waals surface area contributed by atoms with E-state index in [2.05, 4.69) is 4.98 Å². The van der Waals surface area contributed by atoms with Crippen molar-refractivity contribution < 1.29 is 19.4 Å². The summed E-state index contributed by atoms with van der Waals surface area (Å²) in [7, 11) is 0. The van der Waals surface area contributed by atoms with Gasteiger partial charge in [0, 0.05) is 42.7 Å². The molecule has 2 aliphatic rings. The number of aromatic amines is 1. The summed E-state index contributed by atoms with van der Waals surface area (Å²) in [6.45, 7) is 1.63. The molecule has 2 atom stereocenters. The minimum absolute atomic E-state index is 0.0187. The molecule has 3 heterocycles. The van der Waals surface area contributed by atoms with E-state index in [1.807, 2.05) is 30.5 Å². The van der Waals surface area contributed by atoms with Gasteiger partial charge >= 0.3 is 5.97 Å². The van der Waals surface area contributed by atoms with Crippen molar-refractivity contribution in [3.05, 3.63) is 36.0 Å². The van der Waals surface area contributed by atoms with Gasteiger partial charge in [0.25, 0.3) is 0 Å². The second-order valence-electron chi connectivity index (χ2n) is 6.79. The highest BCUT2D eigenvalue weighted by atomic mass is 16.5. The highest BCUT2D eigenvalue weighted by Gasteiger charge is 2.54. The summed E-state index contributed by atoms with van der Waals surface area (Å²) in [5.41, 5.74) is 1.12. The molecule has 4 rings (SSSR count). The number of carboxylic acid groups (broad SMARTS) is 1. The summed E-state index contributed by atoms with van der Waals surface area (Å²) in [6, 6.07) is 7.87. The highest BCUT2D eigenvalue weighted by molar-refractivity contribution is 5.89. The van der Waals surface area contributed by atoms with Crippen LogP contribution >= 0.6 is 0 Å². The van der Waals surface area contributed by atoms with E-state index in [4.69, 9.17) is 4.74 Å². The van der Waals surface area contributed by atoms with Gasteiger partial charge in [-0.1, -0.05) is 18.2 Å². The zero-order valence-corrected chi connectivity index (χ0v) is 13.3. The van der Waals surface area contributed by atoms with Gasteiger partial charge in [-0.2, -0.15) is 0 Å². The topological polar surface area (TPSA) is 82.6 Å². The number of para-hydroxylation sites is 1. The monoisotopic (exact) mass is 328 g/mol. The maximum Gasteiger partial charge on any atom is 0.311 e. The van der Waals surface area contributed by atoms with Crippen molar-refractivity contribution in [2.75, 3.05) is 26.3 Å². The summed E-state index contributed by atoms with van der Waals surface area (Å²) in [6.07, 6.45) is 2.62. The zero-order valence-electron chi connectivity index (χ0n) is 13.3. The molecule has 0 saturated carbocycles. The molecule has 1 amide bonds. The Balaban J connectivity index is 1.54. The largest absolute Gasteiger partial charge is 0.481 e. The number of nitrogens with zero attached hydrogens (tertiary/aromatic N) is 1. The number of ether oxygens (including phenoxy) is 1. The van der Waals surface area contributed by atoms with Crippen LogP contribution < -0.4 is 0 Å². The van der Waals surface area contributed by atoms with Gasteiger partial charge in [-0.3, -0.25) is 9.59 Å². The SMILES string of the molecule is O=C(Cc1c[nH]c2ccccc12)N1C[C@H]2COCC[C@@]2(C(=O)O)C1. The van der Waals surface area contributed by atoms with Crippen molar-refractivity contribution in [1.29, 1.82) is 0 Å². The smallest absolute Gasteiger partial charge is 0.311 e. The number of H-pyrrole nitrogens is 1. The third-order valence-electron chi connectivity index (χ3n) is 5.50. The Morgan fingerprint density at radius 3 is 3.00 bits per heavy atom. The molecule has 6 heteroatoms. The van der Waals surface area contributed by atoms with Crippen LogP contribution in [0.15, 0.2) is 30.5 Å². The lowest BCUT2D eigenvalue weighted by atomic mass is 9.74. The minimum atomic E-state index is -0.839. The average Bonchev–Trinajstić information content (AvgIpc) is 3.17. The second kappa shape index (κ2) is 5.63. The van der Waals surface area contributed by atoms with Gasteiger partial charge in [-0.05, 0) is 18.1 Å². The number of likely N-dealkylation sites (tertiary alicyclic amines) is 1. The Morgan fingerprint density at radius 2 is 2.21 bits per heavy atom. The van der Waals surface area contributed by atoms with Crippen molar-refractivity contribution in [2.45, 2.75) is 12.8 Å². The van der Waals surface area contributed by atoms with Crippen molar-refractivity contribution >= 4 is 22.8 Å². The molecule has 0 bridgehead atoms. The number of hydrogen-bond donors (Lipinski definition) is 2. The fourth-order valence-corrected chi connectivity index (χ4v) is 4.04. The molecule has 1 aromatic carbocycles. The fraction of sp³-hybridized carbons (Fsp3) is 0.444. The van der Waals surface area contributed by atoms with Gasteiger partial charge in [-0.15, -0.1) is 0 Å². The van der Waals surface area contributed by atoms with Gasteiger partial charge < -0.3 is 19.7 Å². The Morgan fingerprint density at radius 1 is 1.38 bits per heavy atom. The lowest BCUT2D eigenvalue weighted by Gasteiger charge is -2.33. The van der Waals surface area contributed by atoms with Crippen molar-refractivity contribution in [2.24, 2.45) is 11.3 Å². The van der Waals surface area contributed by atoms with Crippen LogP contribution in [0.5, 0.6) is 0 Å². The molecular weight excluding hydrogens is 308 g/mol. The summed E-state index contributed by atoms with van der Waals surface area (Å²) in [5, 5.41) is 10.7. The Bertz CT molecular complexity index is 799. The van der Waals surface area contributed by atoms with Gasteiger partial charge in [0.1, 0.15) is 0 Å². The van der Waals surface area contributed by atoms with E-state index in [0.717, 1.165) is 16.5 Å². The highest BCUT2D eigenvalue weighted by Crippen LogP contribution is 2.42. The van der Waals surface area contributed by atoms with Crippen LogP contribution in [0.4, 0.5) is 0 Å². The van der Waals surface area contributed by atoms with E-state index in [0.29, 0.717) is 26.2 Å². The van der Waals surface area contributed by atoms with Crippen molar-refractivity contribution in [3.8, 4) is 0 Å². The lowest BCUT2D eigenvalue weighted by molar-refractivity contribution is -0.157. The van der Waals surface area contributed by atoms with Crippen LogP contribution in [-0.4, -0.2) is 53.2 Å². The number of benzene rings is 1. The van der Waals surface area contributed by atoms with Crippen molar-refractivity contribution in [3.63, 3.8) is 0 Å². The van der Waals surface area contributed by atoms with Gasteiger partial charge in [0.2, 0.25) is 5.91 Å². The number of fused-ring (bicyclic) bond motifs is 2. The van der Waals surface area contributed by atoms with Gasteiger partial charge in [-0.25, -0.2) is 0 Å². The molecule has 0 spiro atoms. The molecule has 0 radical (unpaired) electrons. The van der Waals surface area contributed by atoms with E-state index in [1.54, 1.807) is 4.90 Å². The number of aromatic nitrogens is 1.